The Morgan fingerprint density at radius 3 is 2.72 bits per heavy atom. The number of hydrogen-bond acceptors (Lipinski definition) is 3. The van der Waals surface area contributed by atoms with Gasteiger partial charge in [-0.3, -0.25) is 4.79 Å². The van der Waals surface area contributed by atoms with Gasteiger partial charge in [0.2, 0.25) is 0 Å². The minimum Gasteiger partial charge on any atom is -0.394 e. The van der Waals surface area contributed by atoms with Crippen LogP contribution in [0.25, 0.3) is 10.9 Å². The lowest BCUT2D eigenvalue weighted by Crippen LogP contribution is -2.51. The molecule has 18 heavy (non-hydrogen) atoms. The molecule has 0 aliphatic heterocycles. The first-order chi connectivity index (χ1) is 8.58. The molecule has 2 rings (SSSR count). The van der Waals surface area contributed by atoms with Crippen LogP contribution >= 0.6 is 0 Å². The molecule has 5 nitrogen and oxygen atoms in total. The van der Waals surface area contributed by atoms with Gasteiger partial charge in [-0.05, 0) is 31.2 Å². The van der Waals surface area contributed by atoms with Gasteiger partial charge in [0.25, 0.3) is 5.91 Å². The largest absolute Gasteiger partial charge is 0.394 e. The lowest BCUT2D eigenvalue weighted by Gasteiger charge is -2.26. The van der Waals surface area contributed by atoms with Gasteiger partial charge in [-0.1, -0.05) is 0 Å². The van der Waals surface area contributed by atoms with E-state index in [1.165, 1.54) is 0 Å². The van der Waals surface area contributed by atoms with Crippen molar-refractivity contribution in [3.8, 4) is 0 Å². The Kier molecular flexibility index (Phi) is 3.36. The van der Waals surface area contributed by atoms with E-state index in [0.29, 0.717) is 5.56 Å². The zero-order chi connectivity index (χ0) is 13.2. The highest BCUT2D eigenvalue weighted by atomic mass is 16.3. The molecule has 0 saturated carbocycles. The van der Waals surface area contributed by atoms with E-state index in [1.54, 1.807) is 25.3 Å². The first-order valence-corrected chi connectivity index (χ1v) is 5.69. The van der Waals surface area contributed by atoms with Gasteiger partial charge in [0, 0.05) is 22.7 Å². The fourth-order valence-corrected chi connectivity index (χ4v) is 1.67. The molecule has 0 atom stereocenters. The van der Waals surface area contributed by atoms with Gasteiger partial charge in [0.05, 0.1) is 18.8 Å². The molecule has 1 amide bonds. The van der Waals surface area contributed by atoms with Crippen molar-refractivity contribution in [3.63, 3.8) is 0 Å². The van der Waals surface area contributed by atoms with E-state index in [-0.39, 0.29) is 19.1 Å². The molecule has 0 fully saturated rings. The van der Waals surface area contributed by atoms with Crippen LogP contribution in [0.1, 0.15) is 17.3 Å². The maximum atomic E-state index is 12.0. The molecule has 0 unspecified atom stereocenters. The molecule has 0 radical (unpaired) electrons. The Bertz CT molecular complexity index is 558. The summed E-state index contributed by atoms with van der Waals surface area (Å²) in [6.45, 7) is 0.947. The molecule has 1 aromatic heterocycles. The Hall–Kier alpha value is -1.85. The van der Waals surface area contributed by atoms with Crippen LogP contribution in [0, 0.1) is 0 Å². The first-order valence-electron chi connectivity index (χ1n) is 5.69. The number of nitrogens with one attached hydrogen (secondary N) is 2. The highest BCUT2D eigenvalue weighted by molar-refractivity contribution is 5.98. The second-order valence-electron chi connectivity index (χ2n) is 4.61. The van der Waals surface area contributed by atoms with Crippen molar-refractivity contribution >= 4 is 16.8 Å². The van der Waals surface area contributed by atoms with Crippen LogP contribution in [0.15, 0.2) is 30.5 Å². The topological polar surface area (TPSA) is 85.3 Å². The second kappa shape index (κ2) is 4.80. The summed E-state index contributed by atoms with van der Waals surface area (Å²) in [5.41, 5.74) is 0.443. The zero-order valence-corrected chi connectivity index (χ0v) is 10.1. The fraction of sp³-hybridized carbons (Fsp3) is 0.308. The summed E-state index contributed by atoms with van der Waals surface area (Å²) < 4.78 is 0. The summed E-state index contributed by atoms with van der Waals surface area (Å²) in [6.07, 6.45) is 1.80. The monoisotopic (exact) mass is 248 g/mol. The second-order valence-corrected chi connectivity index (χ2v) is 4.61. The molecule has 5 heteroatoms. The molecule has 0 spiro atoms. The van der Waals surface area contributed by atoms with E-state index < -0.39 is 5.54 Å². The van der Waals surface area contributed by atoms with Crippen LogP contribution < -0.4 is 5.32 Å². The SMILES string of the molecule is CC(CO)(CO)NC(=O)c1ccc2[nH]ccc2c1. The summed E-state index contributed by atoms with van der Waals surface area (Å²) in [5.74, 6) is -0.316. The van der Waals surface area contributed by atoms with Crippen LogP contribution in [0.4, 0.5) is 0 Å². The van der Waals surface area contributed by atoms with Gasteiger partial charge in [-0.2, -0.15) is 0 Å². The van der Waals surface area contributed by atoms with Crippen molar-refractivity contribution in [2.75, 3.05) is 13.2 Å². The number of aromatic nitrogens is 1. The fourth-order valence-electron chi connectivity index (χ4n) is 1.67. The van der Waals surface area contributed by atoms with E-state index in [1.807, 2.05) is 12.1 Å². The number of H-pyrrole nitrogens is 1. The van der Waals surface area contributed by atoms with Crippen molar-refractivity contribution in [1.82, 2.24) is 10.3 Å². The molecule has 0 saturated heterocycles. The number of benzene rings is 1. The smallest absolute Gasteiger partial charge is 0.251 e. The van der Waals surface area contributed by atoms with Crippen molar-refractivity contribution in [1.29, 1.82) is 0 Å². The first kappa shape index (κ1) is 12.6. The minimum absolute atomic E-state index is 0.316. The van der Waals surface area contributed by atoms with Crippen LogP contribution in [0.2, 0.25) is 0 Å². The van der Waals surface area contributed by atoms with Gasteiger partial charge in [-0.15, -0.1) is 0 Å². The number of aliphatic hydroxyl groups excluding tert-OH is 2. The Balaban J connectivity index is 2.22. The number of rotatable bonds is 4. The molecule has 0 bridgehead atoms. The summed E-state index contributed by atoms with van der Waals surface area (Å²) in [7, 11) is 0. The van der Waals surface area contributed by atoms with Crippen LogP contribution in [-0.4, -0.2) is 39.9 Å². The highest BCUT2D eigenvalue weighted by Crippen LogP contribution is 2.15. The molecule has 1 heterocycles. The van der Waals surface area contributed by atoms with Gasteiger partial charge >= 0.3 is 0 Å². The highest BCUT2D eigenvalue weighted by Gasteiger charge is 2.25. The summed E-state index contributed by atoms with van der Waals surface area (Å²) in [6, 6.07) is 7.16. The minimum atomic E-state index is -1.01. The normalized spacial score (nSPS) is 11.7. The average molecular weight is 248 g/mol. The lowest BCUT2D eigenvalue weighted by molar-refractivity contribution is 0.0724. The molecule has 0 aliphatic rings. The number of aromatic amines is 1. The summed E-state index contributed by atoms with van der Waals surface area (Å²) >= 11 is 0. The third-order valence-electron chi connectivity index (χ3n) is 2.93. The van der Waals surface area contributed by atoms with Crippen LogP contribution in [0.3, 0.4) is 0 Å². The number of amides is 1. The number of hydrogen-bond donors (Lipinski definition) is 4. The maximum Gasteiger partial charge on any atom is 0.251 e. The van der Waals surface area contributed by atoms with Crippen molar-refractivity contribution in [3.05, 3.63) is 36.0 Å². The molecule has 96 valence electrons. The summed E-state index contributed by atoms with van der Waals surface area (Å²) in [5, 5.41) is 21.8. The van der Waals surface area contributed by atoms with Gasteiger partial charge in [0.15, 0.2) is 0 Å². The van der Waals surface area contributed by atoms with E-state index in [0.717, 1.165) is 10.9 Å². The number of aliphatic hydroxyl groups is 2. The van der Waals surface area contributed by atoms with Crippen LogP contribution in [0.5, 0.6) is 0 Å². The Labute approximate surface area is 104 Å². The van der Waals surface area contributed by atoms with E-state index in [4.69, 9.17) is 10.2 Å². The number of fused-ring (bicyclic) bond motifs is 1. The molecule has 1 aromatic carbocycles. The maximum absolute atomic E-state index is 12.0. The quantitative estimate of drug-likeness (QED) is 0.640. The van der Waals surface area contributed by atoms with Gasteiger partial charge in [-0.25, -0.2) is 0 Å². The van der Waals surface area contributed by atoms with E-state index in [9.17, 15) is 4.79 Å². The predicted octanol–water partition coefficient (Wildman–Crippen LogP) is 0.641. The lowest BCUT2D eigenvalue weighted by atomic mass is 10.0. The Morgan fingerprint density at radius 2 is 2.06 bits per heavy atom. The predicted molar refractivity (Wildman–Crippen MR) is 68.3 cm³/mol. The number of carbonyl (C=O) groups excluding carboxylic acids is 1. The average Bonchev–Trinajstić information content (AvgIpc) is 2.85. The molecule has 0 aliphatic carbocycles. The molecular formula is C13H16N2O3. The Morgan fingerprint density at radius 1 is 1.33 bits per heavy atom. The van der Waals surface area contributed by atoms with Crippen molar-refractivity contribution < 1.29 is 15.0 Å². The van der Waals surface area contributed by atoms with E-state index >= 15 is 0 Å². The van der Waals surface area contributed by atoms with Gasteiger partial charge in [0.1, 0.15) is 0 Å². The number of carbonyl (C=O) groups is 1. The zero-order valence-electron chi connectivity index (χ0n) is 10.1. The molecule has 2 aromatic rings. The summed E-state index contributed by atoms with van der Waals surface area (Å²) in [4.78, 5) is 15.0. The van der Waals surface area contributed by atoms with Crippen molar-refractivity contribution in [2.45, 2.75) is 12.5 Å². The van der Waals surface area contributed by atoms with Crippen molar-refractivity contribution in [2.24, 2.45) is 0 Å². The standard InChI is InChI=1S/C13H16N2O3/c1-13(7-16,8-17)15-12(18)10-2-3-11-9(6-10)4-5-14-11/h2-6,14,16-17H,7-8H2,1H3,(H,15,18). The third-order valence-corrected chi connectivity index (χ3v) is 2.93. The van der Waals surface area contributed by atoms with E-state index in [2.05, 4.69) is 10.3 Å². The molecular weight excluding hydrogens is 232 g/mol. The van der Waals surface area contributed by atoms with Gasteiger partial charge < -0.3 is 20.5 Å². The van der Waals surface area contributed by atoms with Crippen LogP contribution in [-0.2, 0) is 0 Å². The third kappa shape index (κ3) is 2.37. The molecule has 4 N–H and O–H groups in total.